The first-order chi connectivity index (χ1) is 11.3. The summed E-state index contributed by atoms with van der Waals surface area (Å²) >= 11 is 0. The first kappa shape index (κ1) is 15.2. The molecular formula is C16H18N4O3. The van der Waals surface area contributed by atoms with Crippen molar-refractivity contribution in [1.29, 1.82) is 0 Å². The van der Waals surface area contributed by atoms with E-state index >= 15 is 0 Å². The first-order valence-corrected chi connectivity index (χ1v) is 7.55. The van der Waals surface area contributed by atoms with Crippen LogP contribution >= 0.6 is 0 Å². The summed E-state index contributed by atoms with van der Waals surface area (Å²) in [7, 11) is 0. The van der Waals surface area contributed by atoms with E-state index in [1.807, 2.05) is 0 Å². The third-order valence-electron chi connectivity index (χ3n) is 3.61. The Morgan fingerprint density at radius 1 is 1.17 bits per heavy atom. The van der Waals surface area contributed by atoms with Gasteiger partial charge >= 0.3 is 6.01 Å². The molecule has 2 aromatic heterocycles. The van der Waals surface area contributed by atoms with E-state index in [0.717, 1.165) is 12.8 Å². The number of likely N-dealkylation sites (tertiary alicyclic amines) is 1. The van der Waals surface area contributed by atoms with Gasteiger partial charge in [-0.25, -0.2) is 9.97 Å². The molecule has 0 aromatic carbocycles. The molecule has 1 fully saturated rings. The SMILES string of the molecule is O=C(COc1cccnc1)N1CCC(Oc2ncccn2)CC1. The lowest BCUT2D eigenvalue weighted by Gasteiger charge is -2.31. The Bertz CT molecular complexity index is 616. The van der Waals surface area contributed by atoms with E-state index in [1.165, 1.54) is 0 Å². The van der Waals surface area contributed by atoms with Crippen LogP contribution in [0.4, 0.5) is 0 Å². The fourth-order valence-electron chi connectivity index (χ4n) is 2.39. The van der Waals surface area contributed by atoms with Crippen molar-refractivity contribution in [3.8, 4) is 11.8 Å². The number of rotatable bonds is 5. The molecule has 1 saturated heterocycles. The van der Waals surface area contributed by atoms with Crippen LogP contribution in [-0.4, -0.2) is 51.6 Å². The van der Waals surface area contributed by atoms with Crippen LogP contribution in [0.1, 0.15) is 12.8 Å². The molecular weight excluding hydrogens is 296 g/mol. The third kappa shape index (κ3) is 4.38. The molecule has 0 unspecified atom stereocenters. The molecule has 0 saturated carbocycles. The minimum absolute atomic E-state index is 0.0248. The number of hydrogen-bond donors (Lipinski definition) is 0. The van der Waals surface area contributed by atoms with Gasteiger partial charge in [-0.3, -0.25) is 9.78 Å². The molecule has 0 N–H and O–H groups in total. The van der Waals surface area contributed by atoms with Crippen molar-refractivity contribution in [1.82, 2.24) is 19.9 Å². The van der Waals surface area contributed by atoms with Gasteiger partial charge in [0.15, 0.2) is 6.61 Å². The van der Waals surface area contributed by atoms with Gasteiger partial charge in [-0.1, -0.05) is 0 Å². The standard InChI is InChI=1S/C16H18N4O3/c21-15(12-22-14-3-1-6-17-11-14)20-9-4-13(5-10-20)23-16-18-7-2-8-19-16/h1-3,6-8,11,13H,4-5,9-10,12H2. The Balaban J connectivity index is 1.42. The number of aromatic nitrogens is 3. The van der Waals surface area contributed by atoms with E-state index in [4.69, 9.17) is 9.47 Å². The fraction of sp³-hybridized carbons (Fsp3) is 0.375. The predicted octanol–water partition coefficient (Wildman–Crippen LogP) is 1.32. The van der Waals surface area contributed by atoms with Crippen molar-refractivity contribution in [2.24, 2.45) is 0 Å². The predicted molar refractivity (Wildman–Crippen MR) is 82.0 cm³/mol. The molecule has 1 amide bonds. The molecule has 1 aliphatic rings. The van der Waals surface area contributed by atoms with Gasteiger partial charge in [0.1, 0.15) is 11.9 Å². The average Bonchev–Trinajstić information content (AvgIpc) is 2.62. The van der Waals surface area contributed by atoms with E-state index < -0.39 is 0 Å². The number of pyridine rings is 1. The number of hydrogen-bond acceptors (Lipinski definition) is 6. The van der Waals surface area contributed by atoms with Crippen LogP contribution in [-0.2, 0) is 4.79 Å². The molecule has 7 nitrogen and oxygen atoms in total. The second-order valence-corrected chi connectivity index (χ2v) is 5.21. The van der Waals surface area contributed by atoms with Crippen LogP contribution in [0.3, 0.4) is 0 Å². The number of piperidine rings is 1. The lowest BCUT2D eigenvalue weighted by atomic mass is 10.1. The topological polar surface area (TPSA) is 77.4 Å². The van der Waals surface area contributed by atoms with Crippen LogP contribution in [0.5, 0.6) is 11.8 Å². The molecule has 120 valence electrons. The lowest BCUT2D eigenvalue weighted by Crippen LogP contribution is -2.43. The van der Waals surface area contributed by atoms with E-state index in [9.17, 15) is 4.79 Å². The highest BCUT2D eigenvalue weighted by molar-refractivity contribution is 5.77. The molecule has 3 rings (SSSR count). The second kappa shape index (κ2) is 7.53. The summed E-state index contributed by atoms with van der Waals surface area (Å²) in [6.45, 7) is 1.32. The maximum absolute atomic E-state index is 12.2. The zero-order chi connectivity index (χ0) is 15.9. The zero-order valence-electron chi connectivity index (χ0n) is 12.7. The summed E-state index contributed by atoms with van der Waals surface area (Å²) < 4.78 is 11.2. The lowest BCUT2D eigenvalue weighted by molar-refractivity contribution is -0.135. The summed E-state index contributed by atoms with van der Waals surface area (Å²) in [6, 6.07) is 5.68. The highest BCUT2D eigenvalue weighted by Crippen LogP contribution is 2.16. The van der Waals surface area contributed by atoms with Crippen LogP contribution in [0.2, 0.25) is 0 Å². The van der Waals surface area contributed by atoms with Crippen molar-refractivity contribution in [2.75, 3.05) is 19.7 Å². The number of carbonyl (C=O) groups is 1. The van der Waals surface area contributed by atoms with Crippen molar-refractivity contribution in [3.05, 3.63) is 43.0 Å². The molecule has 3 heterocycles. The highest BCUT2D eigenvalue weighted by atomic mass is 16.5. The summed E-state index contributed by atoms with van der Waals surface area (Å²) in [6.07, 6.45) is 8.12. The Morgan fingerprint density at radius 2 is 1.96 bits per heavy atom. The molecule has 1 aliphatic heterocycles. The van der Waals surface area contributed by atoms with Crippen molar-refractivity contribution < 1.29 is 14.3 Å². The Hall–Kier alpha value is -2.70. The minimum atomic E-state index is -0.0248. The van der Waals surface area contributed by atoms with Gasteiger partial charge in [0, 0.05) is 44.5 Å². The monoisotopic (exact) mass is 314 g/mol. The molecule has 23 heavy (non-hydrogen) atoms. The fourth-order valence-corrected chi connectivity index (χ4v) is 2.39. The molecule has 0 aliphatic carbocycles. The van der Waals surface area contributed by atoms with Gasteiger partial charge < -0.3 is 14.4 Å². The van der Waals surface area contributed by atoms with Gasteiger partial charge in [-0.15, -0.1) is 0 Å². The van der Waals surface area contributed by atoms with Gasteiger partial charge in [0.2, 0.25) is 0 Å². The summed E-state index contributed by atoms with van der Waals surface area (Å²) in [4.78, 5) is 26.0. The largest absolute Gasteiger partial charge is 0.482 e. The maximum Gasteiger partial charge on any atom is 0.316 e. The second-order valence-electron chi connectivity index (χ2n) is 5.21. The number of ether oxygens (including phenoxy) is 2. The van der Waals surface area contributed by atoms with Gasteiger partial charge in [0.05, 0.1) is 6.20 Å². The minimum Gasteiger partial charge on any atom is -0.482 e. The highest BCUT2D eigenvalue weighted by Gasteiger charge is 2.24. The van der Waals surface area contributed by atoms with Crippen molar-refractivity contribution in [3.63, 3.8) is 0 Å². The van der Waals surface area contributed by atoms with Crippen molar-refractivity contribution >= 4 is 5.91 Å². The van der Waals surface area contributed by atoms with Gasteiger partial charge in [-0.05, 0) is 18.2 Å². The van der Waals surface area contributed by atoms with Crippen molar-refractivity contribution in [2.45, 2.75) is 18.9 Å². The Labute approximate surface area is 134 Å². The maximum atomic E-state index is 12.2. The van der Waals surface area contributed by atoms with Gasteiger partial charge in [0.25, 0.3) is 5.91 Å². The quantitative estimate of drug-likeness (QED) is 0.828. The normalized spacial score (nSPS) is 15.2. The first-order valence-electron chi connectivity index (χ1n) is 7.55. The summed E-state index contributed by atoms with van der Waals surface area (Å²) in [5.41, 5.74) is 0. The molecule has 0 atom stereocenters. The number of carbonyl (C=O) groups excluding carboxylic acids is 1. The number of nitrogens with zero attached hydrogens (tertiary/aromatic N) is 4. The van der Waals surface area contributed by atoms with Crippen LogP contribution in [0.15, 0.2) is 43.0 Å². The van der Waals surface area contributed by atoms with E-state index in [2.05, 4.69) is 15.0 Å². The third-order valence-corrected chi connectivity index (χ3v) is 3.61. The summed E-state index contributed by atoms with van der Waals surface area (Å²) in [5, 5.41) is 0. The van der Waals surface area contributed by atoms with Crippen LogP contribution in [0, 0.1) is 0 Å². The van der Waals surface area contributed by atoms with E-state index in [0.29, 0.717) is 24.8 Å². The number of amides is 1. The molecule has 0 spiro atoms. The summed E-state index contributed by atoms with van der Waals surface area (Å²) in [5.74, 6) is 0.573. The van der Waals surface area contributed by atoms with Crippen LogP contribution < -0.4 is 9.47 Å². The van der Waals surface area contributed by atoms with Gasteiger partial charge in [-0.2, -0.15) is 0 Å². The van der Waals surface area contributed by atoms with Crippen LogP contribution in [0.25, 0.3) is 0 Å². The Morgan fingerprint density at radius 3 is 2.65 bits per heavy atom. The molecule has 7 heteroatoms. The molecule has 0 bridgehead atoms. The smallest absolute Gasteiger partial charge is 0.316 e. The van der Waals surface area contributed by atoms with E-state index in [-0.39, 0.29) is 18.6 Å². The molecule has 0 radical (unpaired) electrons. The molecule has 2 aromatic rings. The average molecular weight is 314 g/mol. The van der Waals surface area contributed by atoms with E-state index in [1.54, 1.807) is 47.9 Å². The zero-order valence-corrected chi connectivity index (χ0v) is 12.7. The Kier molecular flexibility index (Phi) is 4.98.